The fourth-order valence-electron chi connectivity index (χ4n) is 3.22. The van der Waals surface area contributed by atoms with Gasteiger partial charge in [0.2, 0.25) is 5.89 Å². The van der Waals surface area contributed by atoms with Crippen LogP contribution in [0.3, 0.4) is 0 Å². The van der Waals surface area contributed by atoms with Crippen molar-refractivity contribution in [3.63, 3.8) is 0 Å². The molecule has 0 aliphatic heterocycles. The van der Waals surface area contributed by atoms with Crippen molar-refractivity contribution < 1.29 is 13.6 Å². The zero-order valence-corrected chi connectivity index (χ0v) is 16.4. The average molecular weight is 388 g/mol. The van der Waals surface area contributed by atoms with Gasteiger partial charge in [-0.15, -0.1) is 0 Å². The fraction of sp³-hybridized carbons (Fsp3) is 0.174. The van der Waals surface area contributed by atoms with Crippen LogP contribution in [0, 0.1) is 20.8 Å². The maximum absolute atomic E-state index is 12.9. The highest BCUT2D eigenvalue weighted by Gasteiger charge is 2.18. The Hall–Kier alpha value is -3.67. The third-order valence-electron chi connectivity index (χ3n) is 4.90. The SMILES string of the molecule is Cc1nc(CNC(=O)c2cccc3c(=O)c(C)c(-c4ccccc4)oc23)oc1C. The van der Waals surface area contributed by atoms with Gasteiger partial charge in [0.15, 0.2) is 11.0 Å². The second-order valence-electron chi connectivity index (χ2n) is 6.87. The number of benzene rings is 2. The van der Waals surface area contributed by atoms with Gasteiger partial charge in [0.25, 0.3) is 5.91 Å². The van der Waals surface area contributed by atoms with Crippen molar-refractivity contribution in [2.45, 2.75) is 27.3 Å². The van der Waals surface area contributed by atoms with E-state index in [1.807, 2.05) is 44.2 Å². The summed E-state index contributed by atoms with van der Waals surface area (Å²) in [6.07, 6.45) is 0. The molecule has 0 atom stereocenters. The quantitative estimate of drug-likeness (QED) is 0.563. The zero-order chi connectivity index (χ0) is 20.5. The lowest BCUT2D eigenvalue weighted by molar-refractivity contribution is 0.0947. The number of hydrogen-bond donors (Lipinski definition) is 1. The van der Waals surface area contributed by atoms with Crippen molar-refractivity contribution in [3.8, 4) is 11.3 Å². The average Bonchev–Trinajstić information content (AvgIpc) is 3.06. The molecule has 6 nitrogen and oxygen atoms in total. The standard InChI is InChI=1S/C23H20N2O4/c1-13-20(26)17-10-7-11-18(22(17)29-21(13)16-8-5-4-6-9-16)23(27)24-12-19-25-14(2)15(3)28-19/h4-11H,12H2,1-3H3,(H,24,27). The minimum absolute atomic E-state index is 0.144. The predicted molar refractivity (Wildman–Crippen MR) is 110 cm³/mol. The summed E-state index contributed by atoms with van der Waals surface area (Å²) in [5.41, 5.74) is 2.47. The first-order valence-corrected chi connectivity index (χ1v) is 9.28. The Morgan fingerprint density at radius 2 is 1.76 bits per heavy atom. The second kappa shape index (κ2) is 7.39. The number of carbonyl (C=O) groups excluding carboxylic acids is 1. The van der Waals surface area contributed by atoms with Crippen LogP contribution < -0.4 is 10.7 Å². The molecule has 0 unspecified atom stereocenters. The van der Waals surface area contributed by atoms with E-state index in [2.05, 4.69) is 10.3 Å². The summed E-state index contributed by atoms with van der Waals surface area (Å²) < 4.78 is 11.6. The van der Waals surface area contributed by atoms with Crippen molar-refractivity contribution in [2.75, 3.05) is 0 Å². The first kappa shape index (κ1) is 18.7. The molecular formula is C23H20N2O4. The lowest BCUT2D eigenvalue weighted by Crippen LogP contribution is -2.23. The van der Waals surface area contributed by atoms with E-state index in [0.717, 1.165) is 11.3 Å². The first-order chi connectivity index (χ1) is 14.0. The maximum atomic E-state index is 12.9. The van der Waals surface area contributed by atoms with Gasteiger partial charge >= 0.3 is 0 Å². The van der Waals surface area contributed by atoms with Crippen molar-refractivity contribution >= 4 is 16.9 Å². The Morgan fingerprint density at radius 1 is 1.00 bits per heavy atom. The van der Waals surface area contributed by atoms with Gasteiger partial charge in [-0.05, 0) is 32.9 Å². The normalized spacial score (nSPS) is 11.0. The van der Waals surface area contributed by atoms with Crippen molar-refractivity contribution in [3.05, 3.63) is 87.2 Å². The minimum Gasteiger partial charge on any atom is -0.455 e. The Labute approximate surface area is 167 Å². The zero-order valence-electron chi connectivity index (χ0n) is 16.4. The van der Waals surface area contributed by atoms with Gasteiger partial charge < -0.3 is 14.2 Å². The van der Waals surface area contributed by atoms with Gasteiger partial charge in [-0.2, -0.15) is 0 Å². The summed E-state index contributed by atoms with van der Waals surface area (Å²) >= 11 is 0. The highest BCUT2D eigenvalue weighted by molar-refractivity contribution is 6.05. The molecule has 0 saturated carbocycles. The number of nitrogens with one attached hydrogen (secondary N) is 1. The molecule has 6 heteroatoms. The Balaban J connectivity index is 1.75. The van der Waals surface area contributed by atoms with E-state index in [1.54, 1.807) is 25.1 Å². The smallest absolute Gasteiger partial charge is 0.255 e. The van der Waals surface area contributed by atoms with E-state index < -0.39 is 0 Å². The first-order valence-electron chi connectivity index (χ1n) is 9.28. The number of para-hydroxylation sites is 1. The molecule has 4 rings (SSSR count). The topological polar surface area (TPSA) is 85.3 Å². The van der Waals surface area contributed by atoms with Crippen LogP contribution in [0.4, 0.5) is 0 Å². The van der Waals surface area contributed by atoms with Gasteiger partial charge in [0, 0.05) is 11.1 Å². The van der Waals surface area contributed by atoms with Crippen molar-refractivity contribution in [1.82, 2.24) is 10.3 Å². The number of aromatic nitrogens is 1. The van der Waals surface area contributed by atoms with Gasteiger partial charge in [-0.25, -0.2) is 4.98 Å². The molecule has 1 amide bonds. The fourth-order valence-corrected chi connectivity index (χ4v) is 3.22. The molecule has 1 N–H and O–H groups in total. The lowest BCUT2D eigenvalue weighted by atomic mass is 10.0. The molecular weight excluding hydrogens is 368 g/mol. The van der Waals surface area contributed by atoms with Gasteiger partial charge in [-0.3, -0.25) is 9.59 Å². The van der Waals surface area contributed by atoms with Crippen LogP contribution in [0.1, 0.15) is 33.3 Å². The third-order valence-corrected chi connectivity index (χ3v) is 4.90. The molecule has 2 heterocycles. The highest BCUT2D eigenvalue weighted by Crippen LogP contribution is 2.27. The van der Waals surface area contributed by atoms with Crippen LogP contribution in [0.2, 0.25) is 0 Å². The number of carbonyl (C=O) groups is 1. The number of oxazole rings is 1. The van der Waals surface area contributed by atoms with E-state index in [-0.39, 0.29) is 29.0 Å². The molecule has 0 saturated heterocycles. The summed E-state index contributed by atoms with van der Waals surface area (Å²) in [4.78, 5) is 30.0. The number of nitrogens with zero attached hydrogens (tertiary/aromatic N) is 1. The van der Waals surface area contributed by atoms with E-state index >= 15 is 0 Å². The van der Waals surface area contributed by atoms with Crippen LogP contribution in [-0.2, 0) is 6.54 Å². The summed E-state index contributed by atoms with van der Waals surface area (Å²) in [7, 11) is 0. The monoisotopic (exact) mass is 388 g/mol. The Bertz CT molecular complexity index is 1250. The second-order valence-corrected chi connectivity index (χ2v) is 6.87. The van der Waals surface area contributed by atoms with Gasteiger partial charge in [-0.1, -0.05) is 36.4 Å². The highest BCUT2D eigenvalue weighted by atomic mass is 16.4. The largest absolute Gasteiger partial charge is 0.455 e. The summed E-state index contributed by atoms with van der Waals surface area (Å²) in [6, 6.07) is 14.4. The number of rotatable bonds is 4. The van der Waals surface area contributed by atoms with Gasteiger partial charge in [0.05, 0.1) is 23.2 Å². The summed E-state index contributed by atoms with van der Waals surface area (Å²) in [6.45, 7) is 5.54. The molecule has 0 aliphatic carbocycles. The van der Waals surface area contributed by atoms with Crippen molar-refractivity contribution in [2.24, 2.45) is 0 Å². The van der Waals surface area contributed by atoms with E-state index in [9.17, 15) is 9.59 Å². The van der Waals surface area contributed by atoms with Crippen LogP contribution in [0.15, 0.2) is 62.2 Å². The molecule has 0 radical (unpaired) electrons. The summed E-state index contributed by atoms with van der Waals surface area (Å²) in [5, 5.41) is 3.16. The summed E-state index contributed by atoms with van der Waals surface area (Å²) in [5.74, 6) is 1.24. The number of fused-ring (bicyclic) bond motifs is 1. The van der Waals surface area contributed by atoms with E-state index in [0.29, 0.717) is 28.4 Å². The number of amides is 1. The molecule has 146 valence electrons. The lowest BCUT2D eigenvalue weighted by Gasteiger charge is -2.10. The van der Waals surface area contributed by atoms with Crippen LogP contribution in [-0.4, -0.2) is 10.9 Å². The molecule has 0 bridgehead atoms. The van der Waals surface area contributed by atoms with Crippen LogP contribution in [0.25, 0.3) is 22.3 Å². The molecule has 2 aromatic carbocycles. The van der Waals surface area contributed by atoms with E-state index in [4.69, 9.17) is 8.83 Å². The third kappa shape index (κ3) is 3.45. The van der Waals surface area contributed by atoms with Crippen LogP contribution >= 0.6 is 0 Å². The van der Waals surface area contributed by atoms with Crippen LogP contribution in [0.5, 0.6) is 0 Å². The Morgan fingerprint density at radius 3 is 2.45 bits per heavy atom. The maximum Gasteiger partial charge on any atom is 0.255 e. The number of hydrogen-bond acceptors (Lipinski definition) is 5. The minimum atomic E-state index is -0.366. The molecule has 0 fully saturated rings. The Kier molecular flexibility index (Phi) is 4.76. The van der Waals surface area contributed by atoms with Crippen molar-refractivity contribution in [1.29, 1.82) is 0 Å². The van der Waals surface area contributed by atoms with Gasteiger partial charge in [0.1, 0.15) is 11.5 Å². The molecule has 29 heavy (non-hydrogen) atoms. The number of aryl methyl sites for hydroxylation is 2. The molecule has 0 aliphatic rings. The molecule has 0 spiro atoms. The molecule has 4 aromatic rings. The molecule has 2 aromatic heterocycles. The van der Waals surface area contributed by atoms with E-state index in [1.165, 1.54) is 0 Å². The predicted octanol–water partition coefficient (Wildman–Crippen LogP) is 4.30.